The van der Waals surface area contributed by atoms with Crippen LogP contribution in [-0.4, -0.2) is 99.0 Å². The third-order valence-corrected chi connectivity index (χ3v) is 11.8. The van der Waals surface area contributed by atoms with Crippen molar-refractivity contribution in [1.82, 2.24) is 40.1 Å². The second-order valence-corrected chi connectivity index (χ2v) is 16.7. The van der Waals surface area contributed by atoms with Crippen molar-refractivity contribution in [3.05, 3.63) is 113 Å². The van der Waals surface area contributed by atoms with Crippen LogP contribution in [0, 0.1) is 12.7 Å². The smallest absolute Gasteiger partial charge is 0.271 e. The lowest BCUT2D eigenvalue weighted by Crippen LogP contribution is -2.53. The number of rotatable bonds is 11. The van der Waals surface area contributed by atoms with Gasteiger partial charge in [0.2, 0.25) is 5.88 Å². The molecule has 2 aliphatic heterocycles. The van der Waals surface area contributed by atoms with Gasteiger partial charge in [0.05, 0.1) is 19.4 Å². The molecule has 8 rings (SSSR count). The van der Waals surface area contributed by atoms with Crippen LogP contribution >= 0.6 is 0 Å². The predicted octanol–water partition coefficient (Wildman–Crippen LogP) is 6.51. The molecular weight excluding hydrogens is 748 g/mol. The number of nitrogens with zero attached hydrogens (tertiary/aromatic N) is 5. The fourth-order valence-corrected chi connectivity index (χ4v) is 8.87. The number of hydrogen-bond donors (Lipinski definition) is 3. The Morgan fingerprint density at radius 1 is 0.915 bits per heavy atom. The third-order valence-electron chi connectivity index (χ3n) is 11.8. The van der Waals surface area contributed by atoms with Crippen molar-refractivity contribution in [2.75, 3.05) is 32.8 Å². The van der Waals surface area contributed by atoms with Crippen LogP contribution in [0.3, 0.4) is 0 Å². The monoisotopic (exact) mass is 802 g/mol. The fraction of sp³-hybridized carbons (Fsp3) is 0.435. The van der Waals surface area contributed by atoms with Crippen LogP contribution in [0.4, 0.5) is 4.39 Å². The highest BCUT2D eigenvalue weighted by Gasteiger charge is 2.28. The van der Waals surface area contributed by atoms with Crippen LogP contribution < -0.4 is 20.7 Å². The van der Waals surface area contributed by atoms with Gasteiger partial charge in [-0.2, -0.15) is 0 Å². The summed E-state index contributed by atoms with van der Waals surface area (Å²) in [4.78, 5) is 40.4. The lowest BCUT2D eigenvalue weighted by atomic mass is 9.91. The van der Waals surface area contributed by atoms with Gasteiger partial charge < -0.3 is 29.8 Å². The fourth-order valence-electron chi connectivity index (χ4n) is 8.87. The third kappa shape index (κ3) is 9.82. The van der Waals surface area contributed by atoms with Crippen molar-refractivity contribution >= 4 is 17.5 Å². The number of fused-ring (bicyclic) bond motifs is 1. The Hall–Kier alpha value is -5.21. The van der Waals surface area contributed by atoms with Crippen molar-refractivity contribution in [3.63, 3.8) is 0 Å². The average molecular weight is 803 g/mol. The number of hydrogen-bond acceptors (Lipinski definition) is 9. The molecule has 0 radical (unpaired) electrons. The van der Waals surface area contributed by atoms with Crippen molar-refractivity contribution in [3.8, 4) is 22.8 Å². The zero-order chi connectivity index (χ0) is 41.0. The van der Waals surface area contributed by atoms with E-state index < -0.39 is 11.7 Å². The molecule has 0 spiro atoms. The molecule has 59 heavy (non-hydrogen) atoms. The zero-order valence-electron chi connectivity index (χ0n) is 34.4. The van der Waals surface area contributed by atoms with Gasteiger partial charge in [0, 0.05) is 74.8 Å². The number of halogens is 1. The van der Waals surface area contributed by atoms with Gasteiger partial charge in [0.15, 0.2) is 0 Å². The van der Waals surface area contributed by atoms with Crippen molar-refractivity contribution < 1.29 is 23.5 Å². The molecule has 12 nitrogen and oxygen atoms in total. The largest absolute Gasteiger partial charge is 0.438 e. The van der Waals surface area contributed by atoms with Gasteiger partial charge in [-0.25, -0.2) is 14.4 Å². The number of carbonyl (C=O) groups is 2. The van der Waals surface area contributed by atoms with E-state index in [9.17, 15) is 14.0 Å². The Labute approximate surface area is 345 Å². The molecule has 3 aromatic heterocycles. The van der Waals surface area contributed by atoms with Gasteiger partial charge in [-0.3, -0.25) is 19.4 Å². The van der Waals surface area contributed by atoms with Crippen LogP contribution in [0.1, 0.15) is 84.1 Å². The van der Waals surface area contributed by atoms with Gasteiger partial charge in [0.25, 0.3) is 11.8 Å². The summed E-state index contributed by atoms with van der Waals surface area (Å²) in [5.41, 5.74) is 6.70. The quantitative estimate of drug-likeness (QED) is 0.137. The summed E-state index contributed by atoms with van der Waals surface area (Å²) in [7, 11) is 0. The number of nitrogens with one attached hydrogen (secondary N) is 3. The van der Waals surface area contributed by atoms with Crippen LogP contribution in [0.2, 0.25) is 0 Å². The second-order valence-electron chi connectivity index (χ2n) is 16.7. The molecule has 3 fully saturated rings. The summed E-state index contributed by atoms with van der Waals surface area (Å²) in [5.74, 6) is -0.779. The predicted molar refractivity (Wildman–Crippen MR) is 225 cm³/mol. The number of aromatic nitrogens is 3. The molecule has 2 aromatic carbocycles. The summed E-state index contributed by atoms with van der Waals surface area (Å²) < 4.78 is 28.6. The van der Waals surface area contributed by atoms with Gasteiger partial charge in [-0.15, -0.1) is 0 Å². The topological polar surface area (TPSA) is 125 Å². The molecule has 0 bridgehead atoms. The lowest BCUT2D eigenvalue weighted by Gasteiger charge is -2.36. The van der Waals surface area contributed by atoms with E-state index in [4.69, 9.17) is 9.47 Å². The van der Waals surface area contributed by atoms with Gasteiger partial charge in [-0.05, 0) is 106 Å². The Morgan fingerprint density at radius 2 is 1.66 bits per heavy atom. The molecule has 3 atom stereocenters. The number of ether oxygens (including phenoxy) is 2. The first-order valence-corrected chi connectivity index (χ1v) is 21.0. The Kier molecular flexibility index (Phi) is 12.3. The molecule has 0 unspecified atom stereocenters. The van der Waals surface area contributed by atoms with Crippen LogP contribution in [-0.2, 0) is 17.8 Å². The molecular formula is C46H55FN8O4. The average Bonchev–Trinajstić information content (AvgIpc) is 3.66. The lowest BCUT2D eigenvalue weighted by molar-refractivity contribution is -0.00431. The molecule has 2 saturated heterocycles. The number of pyridine rings is 2. The molecule has 3 aliphatic rings. The van der Waals surface area contributed by atoms with Gasteiger partial charge in [-0.1, -0.05) is 36.4 Å². The number of imidazole rings is 1. The van der Waals surface area contributed by atoms with E-state index in [-0.39, 0.29) is 29.4 Å². The Morgan fingerprint density at radius 3 is 2.41 bits per heavy atom. The Balaban J connectivity index is 0.941. The van der Waals surface area contributed by atoms with Crippen LogP contribution in [0.5, 0.6) is 11.6 Å². The maximum atomic E-state index is 14.6. The highest BCUT2D eigenvalue weighted by atomic mass is 19.1. The van der Waals surface area contributed by atoms with Crippen LogP contribution in [0.15, 0.2) is 79.1 Å². The van der Waals surface area contributed by atoms with Crippen LogP contribution in [0.25, 0.3) is 16.8 Å². The first kappa shape index (κ1) is 40.6. The summed E-state index contributed by atoms with van der Waals surface area (Å²) in [6.07, 6.45) is 5.49. The van der Waals surface area contributed by atoms with Gasteiger partial charge in [0.1, 0.15) is 28.5 Å². The van der Waals surface area contributed by atoms with E-state index in [1.807, 2.05) is 47.7 Å². The molecule has 13 heteroatoms. The molecule has 5 heterocycles. The number of morpholine rings is 1. The van der Waals surface area contributed by atoms with E-state index in [2.05, 4.69) is 80.8 Å². The SMILES string of the molecule is Cc1cccc2nc(C(=O)N[C@H]3CC[C@H](NC(=O)c4cc(F)cnc4Oc4cccc(-c5ccc(CN6C[C@@H](C)N[C@@H](C)C6)cc5CN5CCOC[C@@H]5C)c4)CC3)cn12. The number of benzene rings is 2. The molecule has 5 aromatic rings. The normalized spacial score (nSPS) is 22.9. The van der Waals surface area contributed by atoms with Crippen molar-refractivity contribution in [1.29, 1.82) is 0 Å². The molecule has 1 saturated carbocycles. The van der Waals surface area contributed by atoms with Crippen molar-refractivity contribution in [2.45, 2.75) is 96.7 Å². The second kappa shape index (κ2) is 18.0. The first-order chi connectivity index (χ1) is 28.5. The summed E-state index contributed by atoms with van der Waals surface area (Å²) in [6, 6.07) is 22.5. The van der Waals surface area contributed by atoms with E-state index in [0.717, 1.165) is 61.4 Å². The number of amides is 2. The first-order valence-electron chi connectivity index (χ1n) is 21.0. The van der Waals surface area contributed by atoms with E-state index in [1.54, 1.807) is 6.20 Å². The highest BCUT2D eigenvalue weighted by molar-refractivity contribution is 5.96. The molecule has 2 amide bonds. The summed E-state index contributed by atoms with van der Waals surface area (Å²) in [5, 5.41) is 9.81. The maximum Gasteiger partial charge on any atom is 0.271 e. The van der Waals surface area contributed by atoms with E-state index in [0.29, 0.717) is 68.5 Å². The van der Waals surface area contributed by atoms with Gasteiger partial charge >= 0.3 is 0 Å². The molecule has 310 valence electrons. The minimum atomic E-state index is -0.628. The number of carbonyl (C=O) groups excluding carboxylic acids is 2. The summed E-state index contributed by atoms with van der Waals surface area (Å²) in [6.45, 7) is 14.6. The number of piperazine rings is 1. The summed E-state index contributed by atoms with van der Waals surface area (Å²) >= 11 is 0. The molecule has 1 aliphatic carbocycles. The number of aryl methyl sites for hydroxylation is 1. The molecule has 3 N–H and O–H groups in total. The minimum Gasteiger partial charge on any atom is -0.438 e. The zero-order valence-corrected chi connectivity index (χ0v) is 34.4. The Bertz CT molecular complexity index is 2280. The maximum absolute atomic E-state index is 14.6. The van der Waals surface area contributed by atoms with E-state index in [1.165, 1.54) is 17.2 Å². The van der Waals surface area contributed by atoms with Crippen molar-refractivity contribution in [2.24, 2.45) is 0 Å². The minimum absolute atomic E-state index is 0.0240. The standard InChI is InChI=1S/C46H55FN8O4/c1-29-23-53(24-30(2)49-29)25-33-11-16-40(35(19-33)26-54-17-18-58-28-32(54)4)34-8-6-9-39(20-34)59-46-41(21-36(47)22-48-46)44(56)50-37-12-14-38(15-13-37)51-45(57)42-27-55-31(3)7-5-10-43(55)52-42/h5-11,16,19-22,27,29-30,32,37-38,49H,12-15,17-18,23-26,28H2,1-4H3,(H,50,56)(H,51,57)/t29-,30+,32-,37-,38-/m0/s1. The highest BCUT2D eigenvalue weighted by Crippen LogP contribution is 2.33. The van der Waals surface area contributed by atoms with E-state index >= 15 is 0 Å².